The first-order chi connectivity index (χ1) is 9.79. The minimum Gasteiger partial charge on any atom is -0.478 e. The standard InChI is InChI=1S/C14H20ClN3O3/c1-9(6-7-18(2)3)16-14(21)17-10-4-5-11(13(19)20)12(15)8-10/h4-5,8-9H,6-7H2,1-3H3,(H,19,20)(H2,16,17,21). The minimum absolute atomic E-state index is 0.00183. The Morgan fingerprint density at radius 3 is 2.57 bits per heavy atom. The molecule has 1 unspecified atom stereocenters. The molecule has 7 heteroatoms. The van der Waals surface area contributed by atoms with E-state index < -0.39 is 5.97 Å². The third kappa shape index (κ3) is 6.01. The highest BCUT2D eigenvalue weighted by Gasteiger charge is 2.11. The van der Waals surface area contributed by atoms with Crippen LogP contribution in [0.1, 0.15) is 23.7 Å². The van der Waals surface area contributed by atoms with E-state index in [2.05, 4.69) is 10.6 Å². The number of amides is 2. The highest BCUT2D eigenvalue weighted by atomic mass is 35.5. The summed E-state index contributed by atoms with van der Waals surface area (Å²) in [7, 11) is 3.94. The number of aromatic carboxylic acids is 1. The van der Waals surface area contributed by atoms with Crippen LogP contribution in [0, 0.1) is 0 Å². The first-order valence-electron chi connectivity index (χ1n) is 6.54. The molecule has 0 aliphatic heterocycles. The number of halogens is 1. The number of carboxylic acids is 1. The van der Waals surface area contributed by atoms with Gasteiger partial charge in [0.2, 0.25) is 0 Å². The van der Waals surface area contributed by atoms with Crippen molar-refractivity contribution in [2.45, 2.75) is 19.4 Å². The number of carbonyl (C=O) groups is 2. The first-order valence-corrected chi connectivity index (χ1v) is 6.92. The molecule has 2 amide bonds. The Bertz CT molecular complexity index is 520. The molecule has 0 aliphatic rings. The number of rotatable bonds is 6. The number of anilines is 1. The van der Waals surface area contributed by atoms with Gasteiger partial charge in [-0.25, -0.2) is 9.59 Å². The maximum atomic E-state index is 11.8. The first kappa shape index (κ1) is 17.3. The van der Waals surface area contributed by atoms with Crippen LogP contribution in [-0.2, 0) is 0 Å². The number of carboxylic acid groups (broad SMARTS) is 1. The van der Waals surface area contributed by atoms with Crippen LogP contribution >= 0.6 is 11.6 Å². The lowest BCUT2D eigenvalue weighted by molar-refractivity contribution is 0.0697. The normalized spacial score (nSPS) is 12.0. The molecule has 6 nitrogen and oxygen atoms in total. The van der Waals surface area contributed by atoms with E-state index in [-0.39, 0.29) is 22.7 Å². The van der Waals surface area contributed by atoms with Crippen LogP contribution in [0.2, 0.25) is 5.02 Å². The van der Waals surface area contributed by atoms with E-state index in [0.717, 1.165) is 13.0 Å². The van der Waals surface area contributed by atoms with Gasteiger partial charge in [-0.05, 0) is 52.2 Å². The van der Waals surface area contributed by atoms with Crippen molar-refractivity contribution in [2.75, 3.05) is 26.0 Å². The molecule has 1 atom stereocenters. The Balaban J connectivity index is 2.55. The topological polar surface area (TPSA) is 81.7 Å². The van der Waals surface area contributed by atoms with Crippen molar-refractivity contribution in [3.05, 3.63) is 28.8 Å². The molecule has 1 aromatic carbocycles. The summed E-state index contributed by atoms with van der Waals surface area (Å²) >= 11 is 5.84. The maximum absolute atomic E-state index is 11.8. The molecule has 0 saturated carbocycles. The zero-order valence-electron chi connectivity index (χ0n) is 12.3. The van der Waals surface area contributed by atoms with Crippen LogP contribution in [0.3, 0.4) is 0 Å². The molecule has 1 rings (SSSR count). The van der Waals surface area contributed by atoms with Crippen LogP contribution in [0.4, 0.5) is 10.5 Å². The van der Waals surface area contributed by atoms with Crippen molar-refractivity contribution < 1.29 is 14.7 Å². The molecule has 0 heterocycles. The molecule has 0 aliphatic carbocycles. The predicted octanol–water partition coefficient (Wildman–Crippen LogP) is 2.50. The molecule has 0 radical (unpaired) electrons. The fourth-order valence-electron chi connectivity index (χ4n) is 1.68. The van der Waals surface area contributed by atoms with Gasteiger partial charge in [0.05, 0.1) is 10.6 Å². The summed E-state index contributed by atoms with van der Waals surface area (Å²) in [5, 5.41) is 14.4. The third-order valence-corrected chi connectivity index (χ3v) is 3.16. The number of hydrogen-bond acceptors (Lipinski definition) is 3. The van der Waals surface area contributed by atoms with Crippen LogP contribution in [-0.4, -0.2) is 48.7 Å². The van der Waals surface area contributed by atoms with Crippen LogP contribution in [0.25, 0.3) is 0 Å². The summed E-state index contributed by atoms with van der Waals surface area (Å²) in [6, 6.07) is 3.95. The largest absolute Gasteiger partial charge is 0.478 e. The van der Waals surface area contributed by atoms with Gasteiger partial charge in [-0.15, -0.1) is 0 Å². The second kappa shape index (κ2) is 7.85. The SMILES string of the molecule is CC(CCN(C)C)NC(=O)Nc1ccc(C(=O)O)c(Cl)c1. The van der Waals surface area contributed by atoms with Crippen molar-refractivity contribution in [3.8, 4) is 0 Å². The van der Waals surface area contributed by atoms with E-state index in [4.69, 9.17) is 16.7 Å². The molecule has 0 spiro atoms. The second-order valence-corrected chi connectivity index (χ2v) is 5.50. The van der Waals surface area contributed by atoms with E-state index in [1.54, 1.807) is 0 Å². The highest BCUT2D eigenvalue weighted by Crippen LogP contribution is 2.20. The van der Waals surface area contributed by atoms with Gasteiger partial charge < -0.3 is 20.6 Å². The summed E-state index contributed by atoms with van der Waals surface area (Å²) < 4.78 is 0. The molecular formula is C14H20ClN3O3. The Labute approximate surface area is 129 Å². The number of hydrogen-bond donors (Lipinski definition) is 3. The second-order valence-electron chi connectivity index (χ2n) is 5.09. The lowest BCUT2D eigenvalue weighted by Gasteiger charge is -2.17. The minimum atomic E-state index is -1.10. The monoisotopic (exact) mass is 313 g/mol. The van der Waals surface area contributed by atoms with Gasteiger partial charge in [0, 0.05) is 11.7 Å². The Morgan fingerprint density at radius 1 is 1.38 bits per heavy atom. The zero-order valence-corrected chi connectivity index (χ0v) is 13.1. The summed E-state index contributed by atoms with van der Waals surface area (Å²) in [6.07, 6.45) is 0.832. The molecule has 1 aromatic rings. The van der Waals surface area contributed by atoms with Gasteiger partial charge in [0.1, 0.15) is 0 Å². The summed E-state index contributed by atoms with van der Waals surface area (Å²) in [4.78, 5) is 24.7. The molecule has 0 aromatic heterocycles. The van der Waals surface area contributed by atoms with E-state index in [9.17, 15) is 9.59 Å². The summed E-state index contributed by atoms with van der Waals surface area (Å²) in [5.41, 5.74) is 0.448. The zero-order chi connectivity index (χ0) is 16.0. The van der Waals surface area contributed by atoms with Gasteiger partial charge in [-0.3, -0.25) is 0 Å². The average molecular weight is 314 g/mol. The van der Waals surface area contributed by atoms with Crippen molar-refractivity contribution in [1.82, 2.24) is 10.2 Å². The summed E-state index contributed by atoms with van der Waals surface area (Å²) in [6.45, 7) is 2.80. The van der Waals surface area contributed by atoms with Crippen molar-refractivity contribution in [2.24, 2.45) is 0 Å². The fourth-order valence-corrected chi connectivity index (χ4v) is 1.94. The molecule has 116 valence electrons. The molecule has 21 heavy (non-hydrogen) atoms. The third-order valence-electron chi connectivity index (χ3n) is 2.84. The van der Waals surface area contributed by atoms with Crippen LogP contribution < -0.4 is 10.6 Å². The smallest absolute Gasteiger partial charge is 0.337 e. The predicted molar refractivity (Wildman–Crippen MR) is 83.2 cm³/mol. The van der Waals surface area contributed by atoms with Gasteiger partial charge >= 0.3 is 12.0 Å². The van der Waals surface area contributed by atoms with Gasteiger partial charge in [0.25, 0.3) is 0 Å². The Kier molecular flexibility index (Phi) is 6.45. The number of nitrogens with one attached hydrogen (secondary N) is 2. The molecule has 0 bridgehead atoms. The lowest BCUT2D eigenvalue weighted by atomic mass is 10.2. The van der Waals surface area contributed by atoms with E-state index in [0.29, 0.717) is 5.69 Å². The van der Waals surface area contributed by atoms with Crippen molar-refractivity contribution >= 4 is 29.3 Å². The van der Waals surface area contributed by atoms with Gasteiger partial charge in [0.15, 0.2) is 0 Å². The number of nitrogens with zero attached hydrogens (tertiary/aromatic N) is 1. The summed E-state index contributed by atoms with van der Waals surface area (Å²) in [5.74, 6) is -1.10. The average Bonchev–Trinajstić information content (AvgIpc) is 2.35. The molecule has 0 saturated heterocycles. The maximum Gasteiger partial charge on any atom is 0.337 e. The van der Waals surface area contributed by atoms with Gasteiger partial charge in [-0.2, -0.15) is 0 Å². The van der Waals surface area contributed by atoms with Crippen LogP contribution in [0.15, 0.2) is 18.2 Å². The quantitative estimate of drug-likeness (QED) is 0.753. The highest BCUT2D eigenvalue weighted by molar-refractivity contribution is 6.33. The number of carbonyl (C=O) groups excluding carboxylic acids is 1. The van der Waals surface area contributed by atoms with Crippen molar-refractivity contribution in [1.29, 1.82) is 0 Å². The van der Waals surface area contributed by atoms with E-state index in [1.807, 2.05) is 25.9 Å². The van der Waals surface area contributed by atoms with Crippen LogP contribution in [0.5, 0.6) is 0 Å². The molecule has 3 N–H and O–H groups in total. The number of urea groups is 1. The van der Waals surface area contributed by atoms with Crippen molar-refractivity contribution in [3.63, 3.8) is 0 Å². The Hall–Kier alpha value is -1.79. The lowest BCUT2D eigenvalue weighted by Crippen LogP contribution is -2.37. The molecule has 0 fully saturated rings. The van der Waals surface area contributed by atoms with E-state index in [1.165, 1.54) is 18.2 Å². The van der Waals surface area contributed by atoms with E-state index >= 15 is 0 Å². The fraction of sp³-hybridized carbons (Fsp3) is 0.429. The Morgan fingerprint density at radius 2 is 2.05 bits per heavy atom. The van der Waals surface area contributed by atoms with Gasteiger partial charge in [-0.1, -0.05) is 11.6 Å². The molecular weight excluding hydrogens is 294 g/mol. The number of benzene rings is 1.